The van der Waals surface area contributed by atoms with Crippen LogP contribution in [-0.2, 0) is 17.0 Å². The van der Waals surface area contributed by atoms with Crippen LogP contribution in [0.25, 0.3) is 0 Å². The highest BCUT2D eigenvalue weighted by Gasteiger charge is 2.33. The van der Waals surface area contributed by atoms with Crippen LogP contribution in [0.4, 0.5) is 0 Å². The number of carboxylic acid groups (broad SMARTS) is 1. The molecular weight excluding hydrogens is 242 g/mol. The molecule has 1 atom stereocenters. The third-order valence-electron chi connectivity index (χ3n) is 2.41. The Morgan fingerprint density at radius 1 is 1.65 bits per heavy atom. The monoisotopic (exact) mass is 259 g/mol. The summed E-state index contributed by atoms with van der Waals surface area (Å²) in [5.41, 5.74) is 5.60. The van der Waals surface area contributed by atoms with Crippen LogP contribution in [0.3, 0.4) is 0 Å². The van der Waals surface area contributed by atoms with Crippen molar-refractivity contribution in [3.63, 3.8) is 0 Å². The van der Waals surface area contributed by atoms with Crippen LogP contribution in [0.15, 0.2) is 4.52 Å². The van der Waals surface area contributed by atoms with Gasteiger partial charge in [-0.3, -0.25) is 4.79 Å². The van der Waals surface area contributed by atoms with Gasteiger partial charge in [0.25, 0.3) is 0 Å². The van der Waals surface area contributed by atoms with Crippen molar-refractivity contribution in [3.05, 3.63) is 11.7 Å². The van der Waals surface area contributed by atoms with Crippen molar-refractivity contribution in [2.45, 2.75) is 43.7 Å². The van der Waals surface area contributed by atoms with Crippen molar-refractivity contribution in [1.29, 1.82) is 0 Å². The zero-order valence-electron chi connectivity index (χ0n) is 10.1. The minimum atomic E-state index is -1.01. The summed E-state index contributed by atoms with van der Waals surface area (Å²) in [6.07, 6.45) is 0.714. The van der Waals surface area contributed by atoms with Crippen LogP contribution < -0.4 is 5.73 Å². The van der Waals surface area contributed by atoms with Gasteiger partial charge in [0, 0.05) is 11.2 Å². The largest absolute Gasteiger partial charge is 0.480 e. The number of carboxylic acids is 1. The molecule has 3 N–H and O–H groups in total. The van der Waals surface area contributed by atoms with Gasteiger partial charge in [-0.1, -0.05) is 12.1 Å². The highest BCUT2D eigenvalue weighted by atomic mass is 32.2. The Hall–Kier alpha value is -1.08. The molecule has 7 heteroatoms. The molecule has 0 aliphatic carbocycles. The molecule has 1 aromatic heterocycles. The molecule has 96 valence electrons. The third-order valence-corrected chi connectivity index (χ3v) is 3.80. The van der Waals surface area contributed by atoms with Gasteiger partial charge in [-0.15, -0.1) is 11.8 Å². The molecule has 0 amide bonds. The lowest BCUT2D eigenvalue weighted by Crippen LogP contribution is -2.46. The number of nitrogens with zero attached hydrogens (tertiary/aromatic N) is 2. The summed E-state index contributed by atoms with van der Waals surface area (Å²) in [5.74, 6) is 0.599. The van der Waals surface area contributed by atoms with E-state index in [4.69, 9.17) is 15.4 Å². The Balaban J connectivity index is 2.57. The van der Waals surface area contributed by atoms with Gasteiger partial charge in [0.2, 0.25) is 5.89 Å². The average molecular weight is 259 g/mol. The van der Waals surface area contributed by atoms with Gasteiger partial charge in [0.15, 0.2) is 5.82 Å². The molecular formula is C10H17N3O3S. The number of rotatable bonds is 6. The van der Waals surface area contributed by atoms with Gasteiger partial charge < -0.3 is 15.4 Å². The summed E-state index contributed by atoms with van der Waals surface area (Å²) in [4.78, 5) is 15.0. The van der Waals surface area contributed by atoms with Crippen molar-refractivity contribution in [3.8, 4) is 0 Å². The number of hydrogen-bond acceptors (Lipinski definition) is 6. The Kier molecular flexibility index (Phi) is 4.53. The van der Waals surface area contributed by atoms with E-state index in [1.54, 1.807) is 13.8 Å². The van der Waals surface area contributed by atoms with E-state index in [2.05, 4.69) is 10.1 Å². The Morgan fingerprint density at radius 2 is 2.29 bits per heavy atom. The van der Waals surface area contributed by atoms with Gasteiger partial charge >= 0.3 is 5.97 Å². The van der Waals surface area contributed by atoms with Crippen molar-refractivity contribution in [1.82, 2.24) is 10.1 Å². The lowest BCUT2D eigenvalue weighted by atomic mass is 10.1. The van der Waals surface area contributed by atoms with Crippen LogP contribution in [0.2, 0.25) is 0 Å². The molecule has 0 aliphatic rings. The summed E-state index contributed by atoms with van der Waals surface area (Å²) in [6, 6.07) is -0.930. The minimum Gasteiger partial charge on any atom is -0.480 e. The van der Waals surface area contributed by atoms with Gasteiger partial charge in [-0.05, 0) is 13.8 Å². The molecule has 0 radical (unpaired) electrons. The molecule has 17 heavy (non-hydrogen) atoms. The fraction of sp³-hybridized carbons (Fsp3) is 0.700. The molecule has 6 nitrogen and oxygen atoms in total. The highest BCUT2D eigenvalue weighted by Crippen LogP contribution is 2.30. The van der Waals surface area contributed by atoms with Gasteiger partial charge in [-0.25, -0.2) is 0 Å². The lowest BCUT2D eigenvalue weighted by Gasteiger charge is -2.27. The Morgan fingerprint density at radius 3 is 2.76 bits per heavy atom. The first-order chi connectivity index (χ1) is 7.86. The van der Waals surface area contributed by atoms with E-state index in [1.807, 2.05) is 6.92 Å². The van der Waals surface area contributed by atoms with Crippen LogP contribution in [0.1, 0.15) is 32.5 Å². The summed E-state index contributed by atoms with van der Waals surface area (Å²) in [6.45, 7) is 5.51. The molecule has 0 aromatic carbocycles. The fourth-order valence-electron chi connectivity index (χ4n) is 1.13. The first-order valence-corrected chi connectivity index (χ1v) is 6.29. The van der Waals surface area contributed by atoms with Gasteiger partial charge in [-0.2, -0.15) is 4.98 Å². The summed E-state index contributed by atoms with van der Waals surface area (Å²) >= 11 is 1.39. The maximum Gasteiger partial charge on any atom is 0.321 e. The predicted molar refractivity (Wildman–Crippen MR) is 64.7 cm³/mol. The van der Waals surface area contributed by atoms with Crippen molar-refractivity contribution in [2.75, 3.05) is 0 Å². The fourth-order valence-corrected chi connectivity index (χ4v) is 2.02. The minimum absolute atomic E-state index is 0.459. The first kappa shape index (κ1) is 14.0. The second kappa shape index (κ2) is 5.50. The lowest BCUT2D eigenvalue weighted by molar-refractivity contribution is -0.139. The van der Waals surface area contributed by atoms with E-state index < -0.39 is 16.8 Å². The smallest absolute Gasteiger partial charge is 0.321 e. The van der Waals surface area contributed by atoms with Crippen LogP contribution in [0, 0.1) is 0 Å². The molecule has 0 unspecified atom stereocenters. The quantitative estimate of drug-likeness (QED) is 0.787. The van der Waals surface area contributed by atoms with E-state index in [-0.39, 0.29) is 0 Å². The first-order valence-electron chi connectivity index (χ1n) is 5.30. The maximum atomic E-state index is 10.8. The van der Waals surface area contributed by atoms with E-state index in [1.165, 1.54) is 11.8 Å². The molecule has 0 aliphatic heterocycles. The standard InChI is InChI=1S/C10H17N3O3S/c1-4-6-12-7(16-13-6)5-17-10(2,3)8(11)9(14)15/h8H,4-5,11H2,1-3H3,(H,14,15)/t8-/m0/s1. The number of thioether (sulfide) groups is 1. The summed E-state index contributed by atoms with van der Waals surface area (Å²) < 4.78 is 4.43. The summed E-state index contributed by atoms with van der Waals surface area (Å²) in [5, 5.41) is 12.6. The molecule has 1 aromatic rings. The topological polar surface area (TPSA) is 102 Å². The van der Waals surface area contributed by atoms with Crippen LogP contribution in [0.5, 0.6) is 0 Å². The van der Waals surface area contributed by atoms with E-state index in [9.17, 15) is 4.79 Å². The third kappa shape index (κ3) is 3.71. The Bertz CT molecular complexity index is 392. The number of aryl methyl sites for hydroxylation is 1. The van der Waals surface area contributed by atoms with E-state index in [0.29, 0.717) is 23.9 Å². The number of hydrogen-bond donors (Lipinski definition) is 2. The van der Waals surface area contributed by atoms with Gasteiger partial charge in [0.1, 0.15) is 6.04 Å². The normalized spacial score (nSPS) is 13.6. The number of aliphatic carboxylic acids is 1. The zero-order valence-corrected chi connectivity index (χ0v) is 11.0. The molecule has 0 fully saturated rings. The molecule has 1 rings (SSSR count). The Labute approximate surface area is 104 Å². The SMILES string of the molecule is CCc1noc(CSC(C)(C)[C@@H](N)C(=O)O)n1. The molecule has 0 spiro atoms. The van der Waals surface area contributed by atoms with E-state index >= 15 is 0 Å². The van der Waals surface area contributed by atoms with E-state index in [0.717, 1.165) is 0 Å². The number of nitrogens with two attached hydrogens (primary N) is 1. The average Bonchev–Trinajstić information content (AvgIpc) is 2.73. The van der Waals surface area contributed by atoms with Crippen molar-refractivity contribution in [2.24, 2.45) is 5.73 Å². The second-order valence-electron chi connectivity index (χ2n) is 4.17. The van der Waals surface area contributed by atoms with Crippen molar-refractivity contribution < 1.29 is 14.4 Å². The molecule has 1 heterocycles. The van der Waals surface area contributed by atoms with Crippen LogP contribution in [-0.4, -0.2) is 32.0 Å². The second-order valence-corrected chi connectivity index (χ2v) is 5.80. The zero-order chi connectivity index (χ0) is 13.1. The maximum absolute atomic E-state index is 10.8. The number of carbonyl (C=O) groups is 1. The predicted octanol–water partition coefficient (Wildman–Crippen LogP) is 1.06. The highest BCUT2D eigenvalue weighted by molar-refractivity contribution is 7.99. The molecule has 0 bridgehead atoms. The molecule has 0 saturated heterocycles. The molecule has 0 saturated carbocycles. The van der Waals surface area contributed by atoms with Gasteiger partial charge in [0.05, 0.1) is 5.75 Å². The summed E-state index contributed by atoms with van der Waals surface area (Å²) in [7, 11) is 0. The van der Waals surface area contributed by atoms with Crippen LogP contribution >= 0.6 is 11.8 Å². The number of aromatic nitrogens is 2. The van der Waals surface area contributed by atoms with Crippen molar-refractivity contribution >= 4 is 17.7 Å².